The normalized spacial score (nSPS) is 36.0. The zero-order chi connectivity index (χ0) is 27.9. The van der Waals surface area contributed by atoms with Crippen molar-refractivity contribution in [3.8, 4) is 0 Å². The molecule has 6 atom stereocenters. The number of ketones is 1. The van der Waals surface area contributed by atoms with Crippen LogP contribution in [0.1, 0.15) is 65.2 Å². The van der Waals surface area contributed by atoms with E-state index in [0.29, 0.717) is 61.4 Å². The molecule has 10 heteroatoms. The number of rotatable bonds is 8. The van der Waals surface area contributed by atoms with Gasteiger partial charge in [0.2, 0.25) is 0 Å². The van der Waals surface area contributed by atoms with Crippen molar-refractivity contribution in [1.82, 2.24) is 0 Å². The molecule has 0 spiro atoms. The topological polar surface area (TPSA) is 161 Å². The molecule has 4 aliphatic carbocycles. The van der Waals surface area contributed by atoms with Gasteiger partial charge in [-0.3, -0.25) is 4.79 Å². The van der Waals surface area contributed by atoms with Crippen molar-refractivity contribution < 1.29 is 34.3 Å². The summed E-state index contributed by atoms with van der Waals surface area (Å²) in [5, 5.41) is 24.6. The number of carboxylic acid groups (broad SMARTS) is 2. The van der Waals surface area contributed by atoms with E-state index in [4.69, 9.17) is 25.6 Å². The summed E-state index contributed by atoms with van der Waals surface area (Å²) in [5.74, 6) is -0.0755. The fourth-order valence-electron chi connectivity index (χ4n) is 7.34. The van der Waals surface area contributed by atoms with Crippen LogP contribution in [0.3, 0.4) is 0 Å². The number of carbonyl (C=O) groups is 3. The minimum absolute atomic E-state index is 0.130. The van der Waals surface area contributed by atoms with Crippen LogP contribution in [-0.4, -0.2) is 59.1 Å². The average molecular weight is 532 g/mol. The number of aliphatic carboxylic acids is 2. The predicted octanol–water partition coefficient (Wildman–Crippen LogP) is 3.81. The van der Waals surface area contributed by atoms with Crippen LogP contribution in [0.15, 0.2) is 35.1 Å². The number of hydrogen-bond donors (Lipinski definition) is 3. The van der Waals surface area contributed by atoms with Crippen LogP contribution in [0.4, 0.5) is 0 Å². The van der Waals surface area contributed by atoms with E-state index in [-0.39, 0.29) is 10.8 Å². The van der Waals surface area contributed by atoms with Crippen molar-refractivity contribution in [1.29, 1.82) is 0 Å². The smallest absolute Gasteiger partial charge is 0.328 e. The summed E-state index contributed by atoms with van der Waals surface area (Å²) in [4.78, 5) is 42.8. The lowest BCUT2D eigenvalue weighted by Crippen LogP contribution is -2.56. The number of carboxylic acids is 2. The van der Waals surface area contributed by atoms with Gasteiger partial charge in [0.05, 0.1) is 11.4 Å². The van der Waals surface area contributed by atoms with Gasteiger partial charge in [-0.25, -0.2) is 9.59 Å². The number of fused-ring (bicyclic) bond motifs is 5. The zero-order valence-electron chi connectivity index (χ0n) is 22.4. The van der Waals surface area contributed by atoms with Crippen LogP contribution in [0.5, 0.6) is 0 Å². The Morgan fingerprint density at radius 3 is 2.39 bits per heavy atom. The molecule has 4 N–H and O–H groups in total. The third-order valence-electron chi connectivity index (χ3n) is 9.17. The van der Waals surface area contributed by atoms with E-state index in [1.165, 1.54) is 0 Å². The minimum Gasteiger partial charge on any atom is -0.478 e. The van der Waals surface area contributed by atoms with Crippen molar-refractivity contribution >= 4 is 29.1 Å². The zero-order valence-corrected chi connectivity index (χ0v) is 22.4. The summed E-state index contributed by atoms with van der Waals surface area (Å²) in [5.41, 5.74) is 7.83. The molecule has 0 amide bonds. The Hall–Kier alpha value is -3.01. The predicted molar refractivity (Wildman–Crippen MR) is 143 cm³/mol. The second kappa shape index (κ2) is 12.7. The van der Waals surface area contributed by atoms with Gasteiger partial charge in [-0.05, 0) is 68.1 Å². The Morgan fingerprint density at radius 2 is 1.76 bits per heavy atom. The quantitative estimate of drug-likeness (QED) is 0.184. The molecule has 1 unspecified atom stereocenters. The van der Waals surface area contributed by atoms with Crippen molar-refractivity contribution in [3.05, 3.63) is 24.8 Å². The van der Waals surface area contributed by atoms with Gasteiger partial charge in [-0.15, -0.1) is 0 Å². The van der Waals surface area contributed by atoms with E-state index in [0.717, 1.165) is 62.8 Å². The van der Waals surface area contributed by atoms with Crippen LogP contribution in [0.2, 0.25) is 0 Å². The van der Waals surface area contributed by atoms with E-state index >= 15 is 0 Å². The third-order valence-corrected chi connectivity index (χ3v) is 9.17. The molecule has 210 valence electrons. The molecule has 0 aromatic heterocycles. The molecule has 38 heavy (non-hydrogen) atoms. The highest BCUT2D eigenvalue weighted by molar-refractivity contribution is 5.96. The summed E-state index contributed by atoms with van der Waals surface area (Å²) in [6.45, 7) is 9.76. The highest BCUT2D eigenvalue weighted by atomic mass is 16.6. The molecule has 0 radical (unpaired) electrons. The van der Waals surface area contributed by atoms with Crippen LogP contribution in [-0.2, 0) is 24.1 Å². The summed E-state index contributed by atoms with van der Waals surface area (Å²) in [6, 6.07) is 0. The van der Waals surface area contributed by atoms with Crippen molar-refractivity contribution in [2.24, 2.45) is 50.5 Å². The molecule has 0 saturated heterocycles. The fourth-order valence-corrected chi connectivity index (χ4v) is 7.34. The van der Waals surface area contributed by atoms with Crippen molar-refractivity contribution in [2.75, 3.05) is 19.8 Å². The number of oxime groups is 2. The van der Waals surface area contributed by atoms with Crippen LogP contribution < -0.4 is 5.73 Å². The second-order valence-electron chi connectivity index (χ2n) is 11.2. The van der Waals surface area contributed by atoms with Crippen LogP contribution in [0.25, 0.3) is 0 Å². The maximum absolute atomic E-state index is 12.7. The Balaban J connectivity index is 0.000000436. The number of nitrogens with zero attached hydrogens (tertiary/aromatic N) is 2. The molecule has 10 nitrogen and oxygen atoms in total. The van der Waals surface area contributed by atoms with Crippen molar-refractivity contribution in [2.45, 2.75) is 65.2 Å². The first-order valence-corrected chi connectivity index (χ1v) is 13.4. The lowest BCUT2D eigenvalue weighted by atomic mass is 9.45. The molecular weight excluding hydrogens is 490 g/mol. The highest BCUT2D eigenvalue weighted by Crippen LogP contribution is 2.64. The maximum atomic E-state index is 12.7. The van der Waals surface area contributed by atoms with Gasteiger partial charge in [0, 0.05) is 36.5 Å². The average Bonchev–Trinajstić information content (AvgIpc) is 3.18. The lowest BCUT2D eigenvalue weighted by molar-refractivity contribution is -0.134. The SMILES string of the molecule is C=CCO/N=C1/C[C@@H]2[C@H](CC[C@]3(C)C(=O)CC[C@@H]23)[C@@]2(C)CC/C(=N/OCCN)CC12.O=C(O)/C=C/C(=O)O. The molecule has 0 aliphatic heterocycles. The minimum atomic E-state index is -1.26. The Bertz CT molecular complexity index is 990. The van der Waals surface area contributed by atoms with Crippen molar-refractivity contribution in [3.63, 3.8) is 0 Å². The summed E-state index contributed by atoms with van der Waals surface area (Å²) in [6.07, 6.45) is 10.7. The fraction of sp³-hybridized carbons (Fsp3) is 0.679. The second-order valence-corrected chi connectivity index (χ2v) is 11.2. The van der Waals surface area contributed by atoms with Gasteiger partial charge >= 0.3 is 11.9 Å². The van der Waals surface area contributed by atoms with Gasteiger partial charge in [-0.2, -0.15) is 0 Å². The van der Waals surface area contributed by atoms with Gasteiger partial charge < -0.3 is 25.6 Å². The molecule has 0 aromatic rings. The first-order valence-electron chi connectivity index (χ1n) is 13.4. The van der Waals surface area contributed by atoms with E-state index in [9.17, 15) is 14.4 Å². The number of carbonyl (C=O) groups excluding carboxylic acids is 1. The van der Waals surface area contributed by atoms with E-state index in [2.05, 4.69) is 30.7 Å². The van der Waals surface area contributed by atoms with E-state index < -0.39 is 11.9 Å². The third kappa shape index (κ3) is 6.34. The molecule has 4 aliphatic rings. The number of hydrogen-bond acceptors (Lipinski definition) is 8. The number of nitrogens with two attached hydrogens (primary N) is 1. The summed E-state index contributed by atoms with van der Waals surface area (Å²) < 4.78 is 0. The molecule has 4 rings (SSSR count). The van der Waals surface area contributed by atoms with Crippen LogP contribution in [0, 0.1) is 34.5 Å². The highest BCUT2D eigenvalue weighted by Gasteiger charge is 2.61. The van der Waals surface area contributed by atoms with Gasteiger partial charge in [0.15, 0.2) is 0 Å². The standard InChI is InChI=1S/C24H37N3O3.C4H4O4/c1-4-12-29-27-21-15-17-18-5-6-22(28)24(18,3)10-8-19(17)23(2)9-7-16(14-20(21)23)26-30-13-11-25;5-3(6)1-2-4(7)8/h4,17-20H,1,5-15,25H2,2-3H3;1-2H,(H,5,6)(H,7,8)/b26-16-,27-21-;2-1+/t17-,18-,19-,20?,23+,24-;/m0./s1. The molecule has 0 bridgehead atoms. The van der Waals surface area contributed by atoms with E-state index in [1.807, 2.05) is 0 Å². The molecule has 4 fully saturated rings. The van der Waals surface area contributed by atoms with Gasteiger partial charge in [-0.1, -0.05) is 36.8 Å². The van der Waals surface area contributed by atoms with Gasteiger partial charge in [0.1, 0.15) is 19.0 Å². The monoisotopic (exact) mass is 531 g/mol. The molecule has 0 heterocycles. The Morgan fingerprint density at radius 1 is 1.05 bits per heavy atom. The Labute approximate surface area is 224 Å². The number of Topliss-reactive ketones (excluding diaryl/α,β-unsaturated/α-hetero) is 1. The summed E-state index contributed by atoms with van der Waals surface area (Å²) in [7, 11) is 0. The maximum Gasteiger partial charge on any atom is 0.328 e. The molecule has 4 saturated carbocycles. The van der Waals surface area contributed by atoms with E-state index in [1.54, 1.807) is 6.08 Å². The van der Waals surface area contributed by atoms with Gasteiger partial charge in [0.25, 0.3) is 0 Å². The lowest BCUT2D eigenvalue weighted by Gasteiger charge is -2.59. The molecular formula is C28H41N3O7. The first kappa shape index (κ1) is 29.5. The van der Waals surface area contributed by atoms with Crippen LogP contribution >= 0.6 is 0 Å². The Kier molecular flexibility index (Phi) is 9.87. The largest absolute Gasteiger partial charge is 0.478 e. The molecule has 0 aromatic carbocycles. The summed E-state index contributed by atoms with van der Waals surface area (Å²) >= 11 is 0. The first-order chi connectivity index (χ1) is 18.1.